The van der Waals surface area contributed by atoms with Gasteiger partial charge in [0.25, 0.3) is 5.91 Å². The van der Waals surface area contributed by atoms with Gasteiger partial charge >= 0.3 is 0 Å². The first kappa shape index (κ1) is 16.5. The summed E-state index contributed by atoms with van der Waals surface area (Å²) in [6.07, 6.45) is 6.04. The molecule has 2 N–H and O–H groups in total. The van der Waals surface area contributed by atoms with E-state index in [1.807, 2.05) is 23.0 Å². The summed E-state index contributed by atoms with van der Waals surface area (Å²) in [4.78, 5) is 24.8. The highest BCUT2D eigenvalue weighted by molar-refractivity contribution is 5.98. The highest BCUT2D eigenvalue weighted by Crippen LogP contribution is 2.30. The number of hydrogen-bond donors (Lipinski definition) is 2. The van der Waals surface area contributed by atoms with Crippen LogP contribution in [0.5, 0.6) is 0 Å². The number of nitrogens with one attached hydrogen (secondary N) is 2. The lowest BCUT2D eigenvalue weighted by atomic mass is 10.1. The highest BCUT2D eigenvalue weighted by Gasteiger charge is 2.20. The van der Waals surface area contributed by atoms with E-state index in [0.29, 0.717) is 6.54 Å². The van der Waals surface area contributed by atoms with Gasteiger partial charge in [-0.3, -0.25) is 9.69 Å². The molecule has 5 heterocycles. The Kier molecular flexibility index (Phi) is 3.98. The average Bonchev–Trinajstić information content (AvgIpc) is 3.28. The van der Waals surface area contributed by atoms with Crippen LogP contribution in [0.3, 0.4) is 0 Å². The normalized spacial score (nSPS) is 18.6. The molecule has 7 nitrogen and oxygen atoms in total. The minimum atomic E-state index is 0.00113. The van der Waals surface area contributed by atoms with Crippen molar-refractivity contribution in [3.05, 3.63) is 42.0 Å². The number of carbonyl (C=O) groups excluding carboxylic acids is 1. The Bertz CT molecular complexity index is 995. The molecule has 1 saturated heterocycles. The molecule has 1 fully saturated rings. The molecule has 0 aliphatic carbocycles. The van der Waals surface area contributed by atoms with Crippen LogP contribution in [0.25, 0.3) is 22.2 Å². The summed E-state index contributed by atoms with van der Waals surface area (Å²) in [5, 5.41) is 4.02. The van der Waals surface area contributed by atoms with E-state index in [0.717, 1.165) is 67.1 Å². The number of piperazine rings is 1. The number of fused-ring (bicyclic) bond motifs is 2. The molecule has 0 unspecified atom stereocenters. The SMILES string of the molecule is CN1CCN(Cc2cnc3[nH]cc(-c4cc5n(c4)CCNC5=O)c3c2)CC1. The fourth-order valence-electron chi connectivity index (χ4n) is 4.05. The van der Waals surface area contributed by atoms with Crippen molar-refractivity contribution in [2.24, 2.45) is 0 Å². The standard InChI is InChI=1S/C20H24N6O/c1-24-4-6-25(7-5-24)12-14-8-16-17(11-23-19(16)22-10-14)15-9-18-20(27)21-2-3-26(18)13-15/h8-11,13H,2-7,12H2,1H3,(H,21,27)(H,22,23). The summed E-state index contributed by atoms with van der Waals surface area (Å²) in [6, 6.07) is 4.22. The zero-order valence-corrected chi connectivity index (χ0v) is 15.5. The molecule has 27 heavy (non-hydrogen) atoms. The minimum absolute atomic E-state index is 0.00113. The van der Waals surface area contributed by atoms with Crippen molar-refractivity contribution in [2.75, 3.05) is 39.8 Å². The second-order valence-electron chi connectivity index (χ2n) is 7.58. The van der Waals surface area contributed by atoms with Crippen LogP contribution in [0.2, 0.25) is 0 Å². The van der Waals surface area contributed by atoms with Crippen LogP contribution in [-0.4, -0.2) is 70.0 Å². The Morgan fingerprint density at radius 3 is 2.81 bits per heavy atom. The molecule has 0 saturated carbocycles. The van der Waals surface area contributed by atoms with Crippen molar-refractivity contribution < 1.29 is 4.79 Å². The lowest BCUT2D eigenvalue weighted by molar-refractivity contribution is 0.0928. The topological polar surface area (TPSA) is 69.2 Å². The van der Waals surface area contributed by atoms with Gasteiger partial charge in [0.05, 0.1) is 0 Å². The third-order valence-electron chi connectivity index (χ3n) is 5.67. The maximum Gasteiger partial charge on any atom is 0.267 e. The van der Waals surface area contributed by atoms with Crippen molar-refractivity contribution in [2.45, 2.75) is 13.1 Å². The quantitative estimate of drug-likeness (QED) is 0.739. The number of carbonyl (C=O) groups is 1. The van der Waals surface area contributed by atoms with E-state index < -0.39 is 0 Å². The van der Waals surface area contributed by atoms with Crippen molar-refractivity contribution in [1.82, 2.24) is 29.7 Å². The predicted octanol–water partition coefficient (Wildman–Crippen LogP) is 1.52. The maximum absolute atomic E-state index is 12.1. The van der Waals surface area contributed by atoms with Crippen molar-refractivity contribution in [1.29, 1.82) is 0 Å². The number of aromatic amines is 1. The third-order valence-corrected chi connectivity index (χ3v) is 5.67. The van der Waals surface area contributed by atoms with Gasteiger partial charge in [0.15, 0.2) is 0 Å². The molecule has 2 aliphatic rings. The fraction of sp³-hybridized carbons (Fsp3) is 0.400. The predicted molar refractivity (Wildman–Crippen MR) is 105 cm³/mol. The van der Waals surface area contributed by atoms with E-state index in [4.69, 9.17) is 0 Å². The van der Waals surface area contributed by atoms with Gasteiger partial charge in [-0.1, -0.05) is 0 Å². The molecule has 1 amide bonds. The molecule has 0 bridgehead atoms. The molecule has 0 radical (unpaired) electrons. The first-order valence-corrected chi connectivity index (χ1v) is 9.53. The van der Waals surface area contributed by atoms with Crippen molar-refractivity contribution >= 4 is 16.9 Å². The summed E-state index contributed by atoms with van der Waals surface area (Å²) in [5.74, 6) is 0.00113. The van der Waals surface area contributed by atoms with Gasteiger partial charge in [-0.2, -0.15) is 0 Å². The number of hydrogen-bond acceptors (Lipinski definition) is 4. The Morgan fingerprint density at radius 1 is 1.15 bits per heavy atom. The average molecular weight is 364 g/mol. The fourth-order valence-corrected chi connectivity index (χ4v) is 4.05. The Morgan fingerprint density at radius 2 is 2.00 bits per heavy atom. The van der Waals surface area contributed by atoms with Crippen molar-refractivity contribution in [3.63, 3.8) is 0 Å². The van der Waals surface area contributed by atoms with Gasteiger partial charge in [-0.25, -0.2) is 4.98 Å². The van der Waals surface area contributed by atoms with Crippen LogP contribution in [-0.2, 0) is 13.1 Å². The number of amides is 1. The molecule has 2 aliphatic heterocycles. The van der Waals surface area contributed by atoms with Gasteiger partial charge in [0, 0.05) is 80.9 Å². The van der Waals surface area contributed by atoms with Crippen LogP contribution in [0.1, 0.15) is 16.1 Å². The van der Waals surface area contributed by atoms with Crippen LogP contribution in [0.15, 0.2) is 30.7 Å². The summed E-state index contributed by atoms with van der Waals surface area (Å²) in [7, 11) is 2.18. The van der Waals surface area contributed by atoms with E-state index in [9.17, 15) is 4.79 Å². The summed E-state index contributed by atoms with van der Waals surface area (Å²) < 4.78 is 2.04. The molecule has 0 spiro atoms. The first-order valence-electron chi connectivity index (χ1n) is 9.53. The molecule has 5 rings (SSSR count). The van der Waals surface area contributed by atoms with E-state index in [2.05, 4.69) is 44.4 Å². The van der Waals surface area contributed by atoms with Gasteiger partial charge < -0.3 is 19.8 Å². The first-order chi connectivity index (χ1) is 13.2. The molecule has 3 aromatic rings. The molecular formula is C20H24N6O. The van der Waals surface area contributed by atoms with Crippen LogP contribution < -0.4 is 5.32 Å². The number of pyridine rings is 1. The maximum atomic E-state index is 12.1. The monoisotopic (exact) mass is 364 g/mol. The largest absolute Gasteiger partial charge is 0.349 e. The molecule has 0 aromatic carbocycles. The second-order valence-corrected chi connectivity index (χ2v) is 7.58. The molecule has 7 heteroatoms. The van der Waals surface area contributed by atoms with Crippen LogP contribution in [0, 0.1) is 0 Å². The number of nitrogens with zero attached hydrogens (tertiary/aromatic N) is 4. The summed E-state index contributed by atoms with van der Waals surface area (Å²) in [5.41, 5.74) is 5.02. The number of rotatable bonds is 3. The van der Waals surface area contributed by atoms with Gasteiger partial charge in [-0.05, 0) is 24.7 Å². The Balaban J connectivity index is 1.46. The molecular weight excluding hydrogens is 340 g/mol. The number of H-pyrrole nitrogens is 1. The van der Waals surface area contributed by atoms with E-state index in [1.165, 1.54) is 5.56 Å². The van der Waals surface area contributed by atoms with Gasteiger partial charge in [0.1, 0.15) is 11.3 Å². The van der Waals surface area contributed by atoms with Gasteiger partial charge in [0.2, 0.25) is 0 Å². The number of aromatic nitrogens is 3. The van der Waals surface area contributed by atoms with Gasteiger partial charge in [-0.15, -0.1) is 0 Å². The van der Waals surface area contributed by atoms with Crippen LogP contribution in [0.4, 0.5) is 0 Å². The van der Waals surface area contributed by atoms with E-state index in [1.54, 1.807) is 0 Å². The molecule has 3 aromatic heterocycles. The molecule has 140 valence electrons. The lowest BCUT2D eigenvalue weighted by Gasteiger charge is -2.32. The Hall–Kier alpha value is -2.64. The minimum Gasteiger partial charge on any atom is -0.349 e. The smallest absolute Gasteiger partial charge is 0.267 e. The van der Waals surface area contributed by atoms with E-state index >= 15 is 0 Å². The van der Waals surface area contributed by atoms with Crippen LogP contribution >= 0.6 is 0 Å². The molecule has 0 atom stereocenters. The highest BCUT2D eigenvalue weighted by atomic mass is 16.2. The van der Waals surface area contributed by atoms with Crippen molar-refractivity contribution in [3.8, 4) is 11.1 Å². The lowest BCUT2D eigenvalue weighted by Crippen LogP contribution is -2.43. The Labute approximate surface area is 158 Å². The summed E-state index contributed by atoms with van der Waals surface area (Å²) in [6.45, 7) is 6.84. The third kappa shape index (κ3) is 3.02. The van der Waals surface area contributed by atoms with E-state index in [-0.39, 0.29) is 5.91 Å². The zero-order chi connectivity index (χ0) is 18.4. The number of likely N-dealkylation sites (N-methyl/N-ethyl adjacent to an activating group) is 1. The zero-order valence-electron chi connectivity index (χ0n) is 15.5. The second kappa shape index (κ2) is 6.51. The summed E-state index contributed by atoms with van der Waals surface area (Å²) >= 11 is 0.